The van der Waals surface area contributed by atoms with Gasteiger partial charge in [0.1, 0.15) is 5.75 Å². The van der Waals surface area contributed by atoms with Gasteiger partial charge < -0.3 is 15.2 Å². The highest BCUT2D eigenvalue weighted by molar-refractivity contribution is 5.77. The number of carboxylic acid groups (broad SMARTS) is 1. The second-order valence-electron chi connectivity index (χ2n) is 6.65. The van der Waals surface area contributed by atoms with Gasteiger partial charge in [-0.3, -0.25) is 9.59 Å². The molecule has 0 atom stereocenters. The van der Waals surface area contributed by atoms with E-state index in [0.717, 1.165) is 5.75 Å². The maximum atomic E-state index is 11.9. The van der Waals surface area contributed by atoms with Crippen molar-refractivity contribution in [3.8, 4) is 5.75 Å². The van der Waals surface area contributed by atoms with E-state index in [0.29, 0.717) is 18.9 Å². The number of nitrogens with one attached hydrogen (secondary N) is 1. The van der Waals surface area contributed by atoms with Gasteiger partial charge in [0.25, 0.3) is 0 Å². The number of amides is 1. The summed E-state index contributed by atoms with van der Waals surface area (Å²) < 4.78 is 5.57. The second kappa shape index (κ2) is 8.56. The fourth-order valence-electron chi connectivity index (χ4n) is 2.13. The Morgan fingerprint density at radius 2 is 1.78 bits per heavy atom. The molecule has 1 aromatic rings. The summed E-state index contributed by atoms with van der Waals surface area (Å²) in [5, 5.41) is 11.5. The van der Waals surface area contributed by atoms with Crippen molar-refractivity contribution in [2.24, 2.45) is 0 Å². The fraction of sp³-hybridized carbons (Fsp3) is 0.556. The number of carbonyl (C=O) groups is 2. The molecule has 5 nitrogen and oxygen atoms in total. The molecule has 0 heterocycles. The lowest BCUT2D eigenvalue weighted by atomic mass is 9.98. The van der Waals surface area contributed by atoms with Crippen LogP contribution in [0.5, 0.6) is 5.75 Å². The van der Waals surface area contributed by atoms with Crippen molar-refractivity contribution in [2.75, 3.05) is 6.61 Å². The lowest BCUT2D eigenvalue weighted by Crippen LogP contribution is -2.44. The Balaban J connectivity index is 2.34. The maximum Gasteiger partial charge on any atom is 0.303 e. The standard InChI is InChI=1S/C18H27NO4/c1-13(2)14-5-7-15(8-6-14)23-12-10-16(20)19-18(3,4)11-9-17(21)22/h5-8,13H,9-12H2,1-4H3,(H,19,20)(H,21,22). The van der Waals surface area contributed by atoms with Gasteiger partial charge in [-0.05, 0) is 43.9 Å². The molecule has 0 unspecified atom stereocenters. The van der Waals surface area contributed by atoms with Crippen LogP contribution in [-0.4, -0.2) is 29.1 Å². The van der Waals surface area contributed by atoms with E-state index < -0.39 is 11.5 Å². The Hall–Kier alpha value is -2.04. The molecule has 0 aliphatic heterocycles. The molecule has 0 bridgehead atoms. The summed E-state index contributed by atoms with van der Waals surface area (Å²) in [4.78, 5) is 22.5. The zero-order valence-electron chi connectivity index (χ0n) is 14.4. The van der Waals surface area contributed by atoms with Crippen LogP contribution in [0.3, 0.4) is 0 Å². The first-order chi connectivity index (χ1) is 10.7. The van der Waals surface area contributed by atoms with Gasteiger partial charge >= 0.3 is 5.97 Å². The smallest absolute Gasteiger partial charge is 0.303 e. The Morgan fingerprint density at radius 3 is 2.30 bits per heavy atom. The van der Waals surface area contributed by atoms with Crippen molar-refractivity contribution in [2.45, 2.75) is 58.4 Å². The molecule has 5 heteroatoms. The average Bonchev–Trinajstić information content (AvgIpc) is 2.45. The van der Waals surface area contributed by atoms with Crippen LogP contribution in [0.2, 0.25) is 0 Å². The number of benzene rings is 1. The first-order valence-corrected chi connectivity index (χ1v) is 7.95. The number of hydrogen-bond acceptors (Lipinski definition) is 3. The van der Waals surface area contributed by atoms with E-state index in [-0.39, 0.29) is 18.7 Å². The molecule has 0 aromatic heterocycles. The zero-order valence-corrected chi connectivity index (χ0v) is 14.4. The number of ether oxygens (including phenoxy) is 1. The highest BCUT2D eigenvalue weighted by Gasteiger charge is 2.21. The summed E-state index contributed by atoms with van der Waals surface area (Å²) in [5.74, 6) is 0.217. The minimum atomic E-state index is -0.861. The first kappa shape index (κ1) is 19.0. The first-order valence-electron chi connectivity index (χ1n) is 7.95. The normalized spacial score (nSPS) is 11.3. The van der Waals surface area contributed by atoms with Crippen LogP contribution in [0.15, 0.2) is 24.3 Å². The summed E-state index contributed by atoms with van der Waals surface area (Å²) in [7, 11) is 0. The third-order valence-corrected chi connectivity index (χ3v) is 3.59. The van der Waals surface area contributed by atoms with Crippen molar-refractivity contribution in [3.63, 3.8) is 0 Å². The molecule has 0 radical (unpaired) electrons. The predicted molar refractivity (Wildman–Crippen MR) is 89.7 cm³/mol. The van der Waals surface area contributed by atoms with Gasteiger partial charge in [0.05, 0.1) is 13.0 Å². The number of aliphatic carboxylic acids is 1. The molecule has 0 saturated heterocycles. The summed E-state index contributed by atoms with van der Waals surface area (Å²) in [6.07, 6.45) is 0.667. The van der Waals surface area contributed by atoms with Crippen LogP contribution in [0.4, 0.5) is 0 Å². The van der Waals surface area contributed by atoms with Gasteiger partial charge in [-0.2, -0.15) is 0 Å². The van der Waals surface area contributed by atoms with E-state index in [4.69, 9.17) is 9.84 Å². The molecule has 0 fully saturated rings. The third-order valence-electron chi connectivity index (χ3n) is 3.59. The lowest BCUT2D eigenvalue weighted by molar-refractivity contribution is -0.137. The van der Waals surface area contributed by atoms with Gasteiger partial charge in [0.15, 0.2) is 0 Å². The minimum Gasteiger partial charge on any atom is -0.493 e. The number of carbonyl (C=O) groups excluding carboxylic acids is 1. The largest absolute Gasteiger partial charge is 0.493 e. The fourth-order valence-corrected chi connectivity index (χ4v) is 2.13. The molecule has 1 rings (SSSR count). The van der Waals surface area contributed by atoms with E-state index in [1.807, 2.05) is 38.1 Å². The number of hydrogen-bond donors (Lipinski definition) is 2. The van der Waals surface area contributed by atoms with Crippen LogP contribution in [0, 0.1) is 0 Å². The lowest BCUT2D eigenvalue weighted by Gasteiger charge is -2.25. The predicted octanol–water partition coefficient (Wildman–Crippen LogP) is 3.34. The number of carboxylic acids is 1. The quantitative estimate of drug-likeness (QED) is 0.731. The van der Waals surface area contributed by atoms with Gasteiger partial charge in [0, 0.05) is 12.0 Å². The molecule has 0 aliphatic rings. The van der Waals surface area contributed by atoms with E-state index in [9.17, 15) is 9.59 Å². The topological polar surface area (TPSA) is 75.6 Å². The molecule has 23 heavy (non-hydrogen) atoms. The molecule has 0 spiro atoms. The van der Waals surface area contributed by atoms with E-state index in [1.54, 1.807) is 0 Å². The highest BCUT2D eigenvalue weighted by atomic mass is 16.5. The van der Waals surface area contributed by atoms with Gasteiger partial charge in [-0.1, -0.05) is 26.0 Å². The Kier molecular flexibility index (Phi) is 7.07. The summed E-state index contributed by atoms with van der Waals surface area (Å²) in [6, 6.07) is 7.86. The maximum absolute atomic E-state index is 11.9. The van der Waals surface area contributed by atoms with Gasteiger partial charge in [-0.25, -0.2) is 0 Å². The molecule has 0 aliphatic carbocycles. The van der Waals surface area contributed by atoms with Crippen LogP contribution < -0.4 is 10.1 Å². The second-order valence-corrected chi connectivity index (χ2v) is 6.65. The molecular formula is C18H27NO4. The Morgan fingerprint density at radius 1 is 1.17 bits per heavy atom. The van der Waals surface area contributed by atoms with E-state index >= 15 is 0 Å². The zero-order chi connectivity index (χ0) is 17.5. The molecule has 128 valence electrons. The Labute approximate surface area is 138 Å². The van der Waals surface area contributed by atoms with Crippen molar-refractivity contribution in [1.82, 2.24) is 5.32 Å². The summed E-state index contributed by atoms with van der Waals surface area (Å²) >= 11 is 0. The van der Waals surface area contributed by atoms with Gasteiger partial charge in [-0.15, -0.1) is 0 Å². The molecule has 1 amide bonds. The number of rotatable bonds is 9. The minimum absolute atomic E-state index is 0.0337. The Bertz CT molecular complexity index is 520. The van der Waals surface area contributed by atoms with Crippen LogP contribution in [0.25, 0.3) is 0 Å². The average molecular weight is 321 g/mol. The monoisotopic (exact) mass is 321 g/mol. The highest BCUT2D eigenvalue weighted by Crippen LogP contribution is 2.18. The summed E-state index contributed by atoms with van der Waals surface area (Å²) in [5.41, 5.74) is 0.712. The molecule has 0 saturated carbocycles. The third kappa shape index (κ3) is 7.68. The van der Waals surface area contributed by atoms with Crippen molar-refractivity contribution in [3.05, 3.63) is 29.8 Å². The van der Waals surface area contributed by atoms with Crippen molar-refractivity contribution < 1.29 is 19.4 Å². The van der Waals surface area contributed by atoms with Crippen LogP contribution >= 0.6 is 0 Å². The SMILES string of the molecule is CC(C)c1ccc(OCCC(=O)NC(C)(C)CCC(=O)O)cc1. The van der Waals surface area contributed by atoms with E-state index in [2.05, 4.69) is 19.2 Å². The van der Waals surface area contributed by atoms with Crippen LogP contribution in [-0.2, 0) is 9.59 Å². The molecule has 1 aromatic carbocycles. The van der Waals surface area contributed by atoms with E-state index in [1.165, 1.54) is 5.56 Å². The van der Waals surface area contributed by atoms with Crippen LogP contribution in [0.1, 0.15) is 58.4 Å². The molecule has 2 N–H and O–H groups in total. The van der Waals surface area contributed by atoms with Crippen molar-refractivity contribution in [1.29, 1.82) is 0 Å². The van der Waals surface area contributed by atoms with Crippen molar-refractivity contribution >= 4 is 11.9 Å². The molecular weight excluding hydrogens is 294 g/mol. The van der Waals surface area contributed by atoms with Gasteiger partial charge in [0.2, 0.25) is 5.91 Å². The summed E-state index contributed by atoms with van der Waals surface area (Å²) in [6.45, 7) is 8.19.